The molecule has 0 N–H and O–H groups in total. The Bertz CT molecular complexity index is 664. The Balaban J connectivity index is 2.21. The van der Waals surface area contributed by atoms with Crippen LogP contribution in [0, 0.1) is 0 Å². The van der Waals surface area contributed by atoms with Crippen LogP contribution >= 0.6 is 11.3 Å². The smallest absolute Gasteiger partial charge is 0.246 e. The quantitative estimate of drug-likeness (QED) is 0.668. The standard InChI is InChI=1S/C12H10N2O2S/c1-2-8-10(11(15)9-4-3-6-16-9)14-5-7-17-12(14)13-8/h3-7H,2H2,1H3. The summed E-state index contributed by atoms with van der Waals surface area (Å²) < 4.78 is 6.98. The number of carbonyl (C=O) groups is 1. The third-order valence-electron chi connectivity index (χ3n) is 2.63. The van der Waals surface area contributed by atoms with Gasteiger partial charge in [0.15, 0.2) is 10.7 Å². The molecule has 86 valence electrons. The largest absolute Gasteiger partial charge is 0.461 e. The molecule has 4 nitrogen and oxygen atoms in total. The zero-order valence-corrected chi connectivity index (χ0v) is 10.0. The van der Waals surface area contributed by atoms with Gasteiger partial charge in [0.2, 0.25) is 5.78 Å². The van der Waals surface area contributed by atoms with Crippen molar-refractivity contribution in [3.63, 3.8) is 0 Å². The zero-order valence-electron chi connectivity index (χ0n) is 9.21. The van der Waals surface area contributed by atoms with Crippen LogP contribution in [0.1, 0.15) is 28.9 Å². The maximum Gasteiger partial charge on any atom is 0.246 e. The zero-order chi connectivity index (χ0) is 11.8. The summed E-state index contributed by atoms with van der Waals surface area (Å²) in [6.07, 6.45) is 4.10. The van der Waals surface area contributed by atoms with E-state index in [2.05, 4.69) is 4.98 Å². The molecule has 5 heteroatoms. The number of aryl methyl sites for hydroxylation is 1. The van der Waals surface area contributed by atoms with Gasteiger partial charge in [-0.25, -0.2) is 4.98 Å². The number of carbonyl (C=O) groups excluding carboxylic acids is 1. The summed E-state index contributed by atoms with van der Waals surface area (Å²) in [5, 5.41) is 1.92. The molecule has 0 aromatic carbocycles. The molecule has 0 bridgehead atoms. The van der Waals surface area contributed by atoms with E-state index in [1.807, 2.05) is 22.9 Å². The maximum absolute atomic E-state index is 12.3. The predicted molar refractivity (Wildman–Crippen MR) is 64.6 cm³/mol. The molecule has 0 atom stereocenters. The first kappa shape index (κ1) is 10.3. The Morgan fingerprint density at radius 3 is 3.18 bits per heavy atom. The van der Waals surface area contributed by atoms with E-state index in [4.69, 9.17) is 4.42 Å². The van der Waals surface area contributed by atoms with Crippen molar-refractivity contribution in [1.29, 1.82) is 0 Å². The summed E-state index contributed by atoms with van der Waals surface area (Å²) >= 11 is 1.52. The topological polar surface area (TPSA) is 47.5 Å². The minimum Gasteiger partial charge on any atom is -0.461 e. The number of nitrogens with zero attached hydrogens (tertiary/aromatic N) is 2. The van der Waals surface area contributed by atoms with Crippen LogP contribution in [-0.2, 0) is 6.42 Å². The highest BCUT2D eigenvalue weighted by molar-refractivity contribution is 7.15. The third kappa shape index (κ3) is 1.51. The van der Waals surface area contributed by atoms with E-state index in [-0.39, 0.29) is 5.78 Å². The molecule has 0 aliphatic heterocycles. The van der Waals surface area contributed by atoms with Crippen molar-refractivity contribution in [2.24, 2.45) is 0 Å². The van der Waals surface area contributed by atoms with E-state index in [1.165, 1.54) is 17.6 Å². The van der Waals surface area contributed by atoms with Crippen molar-refractivity contribution < 1.29 is 9.21 Å². The molecule has 0 aliphatic carbocycles. The van der Waals surface area contributed by atoms with E-state index in [0.29, 0.717) is 11.5 Å². The van der Waals surface area contributed by atoms with Crippen LogP contribution in [0.4, 0.5) is 0 Å². The number of fused-ring (bicyclic) bond motifs is 1. The molecule has 0 radical (unpaired) electrons. The number of imidazole rings is 1. The van der Waals surface area contributed by atoms with Crippen LogP contribution in [0.3, 0.4) is 0 Å². The Labute approximate surface area is 102 Å². The fourth-order valence-electron chi connectivity index (χ4n) is 1.84. The molecule has 0 unspecified atom stereocenters. The average molecular weight is 246 g/mol. The molecule has 0 fully saturated rings. The summed E-state index contributed by atoms with van der Waals surface area (Å²) in [7, 11) is 0. The number of thiazole rings is 1. The second-order valence-corrected chi connectivity index (χ2v) is 4.50. The number of rotatable bonds is 3. The van der Waals surface area contributed by atoms with Crippen molar-refractivity contribution in [2.45, 2.75) is 13.3 Å². The third-order valence-corrected chi connectivity index (χ3v) is 3.39. The van der Waals surface area contributed by atoms with Crippen molar-refractivity contribution in [1.82, 2.24) is 9.38 Å². The molecule has 0 aliphatic rings. The van der Waals surface area contributed by atoms with Crippen molar-refractivity contribution >= 4 is 22.1 Å². The van der Waals surface area contributed by atoms with Crippen LogP contribution in [0.5, 0.6) is 0 Å². The van der Waals surface area contributed by atoms with Crippen molar-refractivity contribution in [3.05, 3.63) is 47.1 Å². The molecule has 17 heavy (non-hydrogen) atoms. The fourth-order valence-corrected chi connectivity index (χ4v) is 2.57. The predicted octanol–water partition coefficient (Wildman–Crippen LogP) is 2.78. The van der Waals surface area contributed by atoms with E-state index in [1.54, 1.807) is 12.1 Å². The van der Waals surface area contributed by atoms with Crippen LogP contribution < -0.4 is 0 Å². The van der Waals surface area contributed by atoms with Gasteiger partial charge in [0.25, 0.3) is 0 Å². The lowest BCUT2D eigenvalue weighted by molar-refractivity contribution is 0.100. The lowest BCUT2D eigenvalue weighted by Gasteiger charge is -1.98. The Morgan fingerprint density at radius 2 is 2.47 bits per heavy atom. The van der Waals surface area contributed by atoms with Crippen molar-refractivity contribution in [2.75, 3.05) is 0 Å². The maximum atomic E-state index is 12.3. The first-order valence-electron chi connectivity index (χ1n) is 5.34. The summed E-state index contributed by atoms with van der Waals surface area (Å²) in [5.41, 5.74) is 1.43. The van der Waals surface area contributed by atoms with Gasteiger partial charge in [0, 0.05) is 11.6 Å². The Morgan fingerprint density at radius 1 is 1.59 bits per heavy atom. The highest BCUT2D eigenvalue weighted by atomic mass is 32.1. The molecule has 0 amide bonds. The lowest BCUT2D eigenvalue weighted by atomic mass is 10.1. The first-order chi connectivity index (χ1) is 8.31. The summed E-state index contributed by atoms with van der Waals surface area (Å²) in [6.45, 7) is 1.99. The highest BCUT2D eigenvalue weighted by Crippen LogP contribution is 2.21. The fraction of sp³-hybridized carbons (Fsp3) is 0.167. The van der Waals surface area contributed by atoms with Gasteiger partial charge < -0.3 is 4.42 Å². The molecule has 3 heterocycles. The van der Waals surface area contributed by atoms with E-state index in [9.17, 15) is 4.79 Å². The molecule has 3 aromatic heterocycles. The number of ketones is 1. The molecule has 0 saturated carbocycles. The molecule has 0 saturated heterocycles. The van der Waals surface area contributed by atoms with Crippen LogP contribution in [0.15, 0.2) is 34.4 Å². The van der Waals surface area contributed by atoms with E-state index in [0.717, 1.165) is 17.1 Å². The lowest BCUT2D eigenvalue weighted by Crippen LogP contribution is -2.06. The number of furan rings is 1. The van der Waals surface area contributed by atoms with Gasteiger partial charge in [0.05, 0.1) is 12.0 Å². The summed E-state index contributed by atoms with van der Waals surface area (Å²) in [5.74, 6) is 0.241. The van der Waals surface area contributed by atoms with Crippen molar-refractivity contribution in [3.8, 4) is 0 Å². The minimum absolute atomic E-state index is 0.113. The van der Waals surface area contributed by atoms with Crippen LogP contribution in [-0.4, -0.2) is 15.2 Å². The minimum atomic E-state index is -0.113. The monoisotopic (exact) mass is 246 g/mol. The molecule has 3 aromatic rings. The van der Waals surface area contributed by atoms with Gasteiger partial charge in [-0.3, -0.25) is 9.20 Å². The van der Waals surface area contributed by atoms with Crippen LogP contribution in [0.2, 0.25) is 0 Å². The van der Waals surface area contributed by atoms with Gasteiger partial charge >= 0.3 is 0 Å². The second kappa shape index (κ2) is 3.85. The normalized spacial score (nSPS) is 11.1. The number of aromatic nitrogens is 2. The van der Waals surface area contributed by atoms with Gasteiger partial charge in [-0.05, 0) is 18.6 Å². The van der Waals surface area contributed by atoms with E-state index < -0.39 is 0 Å². The number of hydrogen-bond donors (Lipinski definition) is 0. The number of hydrogen-bond acceptors (Lipinski definition) is 4. The van der Waals surface area contributed by atoms with Gasteiger partial charge in [0.1, 0.15) is 5.69 Å². The SMILES string of the molecule is CCc1nc2sccn2c1C(=O)c1ccco1. The first-order valence-corrected chi connectivity index (χ1v) is 6.22. The summed E-state index contributed by atoms with van der Waals surface area (Å²) in [4.78, 5) is 17.6. The van der Waals surface area contributed by atoms with Gasteiger partial charge in [-0.1, -0.05) is 6.92 Å². The van der Waals surface area contributed by atoms with Gasteiger partial charge in [-0.2, -0.15) is 0 Å². The molecule has 3 rings (SSSR count). The van der Waals surface area contributed by atoms with Gasteiger partial charge in [-0.15, -0.1) is 11.3 Å². The Kier molecular flexibility index (Phi) is 2.33. The highest BCUT2D eigenvalue weighted by Gasteiger charge is 2.21. The molecule has 0 spiro atoms. The average Bonchev–Trinajstić information content (AvgIpc) is 3.03. The van der Waals surface area contributed by atoms with E-state index >= 15 is 0 Å². The Hall–Kier alpha value is -1.88. The second-order valence-electron chi connectivity index (χ2n) is 3.62. The molecular formula is C12H10N2O2S. The van der Waals surface area contributed by atoms with Crippen LogP contribution in [0.25, 0.3) is 4.96 Å². The summed E-state index contributed by atoms with van der Waals surface area (Å²) in [6, 6.07) is 3.39. The molecular weight excluding hydrogens is 236 g/mol.